The summed E-state index contributed by atoms with van der Waals surface area (Å²) in [5, 5.41) is 0. The van der Waals surface area contributed by atoms with Crippen LogP contribution in [0.1, 0.15) is 13.8 Å². The number of pyridine rings is 1. The highest BCUT2D eigenvalue weighted by Crippen LogP contribution is 2.18. The molecule has 8 nitrogen and oxygen atoms in total. The number of nitrogens with zero attached hydrogens (tertiary/aromatic N) is 4. The molecule has 0 radical (unpaired) electrons. The van der Waals surface area contributed by atoms with Gasteiger partial charge in [-0.15, -0.1) is 0 Å². The lowest BCUT2D eigenvalue weighted by molar-refractivity contribution is 0.256. The van der Waals surface area contributed by atoms with E-state index in [0.29, 0.717) is 13.1 Å². The summed E-state index contributed by atoms with van der Waals surface area (Å²) in [6.45, 7) is 4.93. The Morgan fingerprint density at radius 1 is 1.04 bits per heavy atom. The van der Waals surface area contributed by atoms with Crippen LogP contribution in [0.25, 0.3) is 0 Å². The Morgan fingerprint density at radius 2 is 1.61 bits per heavy atom. The average Bonchev–Trinajstić information content (AvgIpc) is 2.56. The highest BCUT2D eigenvalue weighted by molar-refractivity contribution is 7.89. The molecule has 2 rings (SSSR count). The average molecular weight is 362 g/mol. The number of rotatable bonds is 6. The molecule has 1 aliphatic rings. The first-order valence-electron chi connectivity index (χ1n) is 7.49. The standard InChI is InChI=1S/C13H22N4O4S2/c1-3-15(4-2)23(20,21)17-10-8-16(9-11-17)22(18,19)13-6-5-7-14-12-13/h5-7,12H,3-4,8-11H2,1-2H3. The largest absolute Gasteiger partial charge is 0.282 e. The van der Waals surface area contributed by atoms with Crippen molar-refractivity contribution in [2.45, 2.75) is 18.7 Å². The number of hydrogen-bond donors (Lipinski definition) is 0. The third-order valence-corrected chi connectivity index (χ3v) is 7.90. The summed E-state index contributed by atoms with van der Waals surface area (Å²) in [5.41, 5.74) is 0. The van der Waals surface area contributed by atoms with Crippen molar-refractivity contribution >= 4 is 20.2 Å². The van der Waals surface area contributed by atoms with E-state index in [1.165, 1.54) is 31.4 Å². The van der Waals surface area contributed by atoms with Crippen LogP contribution in [0.3, 0.4) is 0 Å². The van der Waals surface area contributed by atoms with Gasteiger partial charge < -0.3 is 0 Å². The van der Waals surface area contributed by atoms with Crippen LogP contribution < -0.4 is 0 Å². The summed E-state index contributed by atoms with van der Waals surface area (Å²) >= 11 is 0. The summed E-state index contributed by atoms with van der Waals surface area (Å²) in [4.78, 5) is 3.95. The van der Waals surface area contributed by atoms with Crippen molar-refractivity contribution in [1.29, 1.82) is 0 Å². The van der Waals surface area contributed by atoms with Gasteiger partial charge in [-0.1, -0.05) is 13.8 Å². The Hall–Kier alpha value is -1.07. The van der Waals surface area contributed by atoms with E-state index in [9.17, 15) is 16.8 Å². The second kappa shape index (κ2) is 7.22. The lowest BCUT2D eigenvalue weighted by Gasteiger charge is -2.35. The summed E-state index contributed by atoms with van der Waals surface area (Å²) in [6, 6.07) is 3.05. The fourth-order valence-corrected chi connectivity index (χ4v) is 5.49. The minimum absolute atomic E-state index is 0.125. The van der Waals surface area contributed by atoms with Crippen LogP contribution in [0, 0.1) is 0 Å². The number of sulfonamides is 1. The molecule has 0 unspecified atom stereocenters. The highest BCUT2D eigenvalue weighted by atomic mass is 32.2. The molecule has 1 aromatic rings. The number of hydrogen-bond acceptors (Lipinski definition) is 5. The molecule has 1 aromatic heterocycles. The molecule has 130 valence electrons. The Kier molecular flexibility index (Phi) is 5.74. The molecular formula is C13H22N4O4S2. The van der Waals surface area contributed by atoms with Crippen LogP contribution in [-0.2, 0) is 20.2 Å². The van der Waals surface area contributed by atoms with Gasteiger partial charge in [0.25, 0.3) is 10.2 Å². The van der Waals surface area contributed by atoms with Gasteiger partial charge in [0.2, 0.25) is 10.0 Å². The zero-order chi connectivity index (χ0) is 17.1. The van der Waals surface area contributed by atoms with Crippen molar-refractivity contribution in [1.82, 2.24) is 17.9 Å². The first-order chi connectivity index (χ1) is 10.8. The quantitative estimate of drug-likeness (QED) is 0.709. The summed E-state index contributed by atoms with van der Waals surface area (Å²) in [6.07, 6.45) is 2.81. The van der Waals surface area contributed by atoms with Gasteiger partial charge in [-0.25, -0.2) is 8.42 Å². The smallest absolute Gasteiger partial charge is 0.263 e. The van der Waals surface area contributed by atoms with Crippen LogP contribution in [-0.4, -0.2) is 74.0 Å². The Balaban J connectivity index is 2.10. The fraction of sp³-hybridized carbons (Fsp3) is 0.615. The molecule has 0 saturated carbocycles. The molecular weight excluding hydrogens is 340 g/mol. The van der Waals surface area contributed by atoms with E-state index in [-0.39, 0.29) is 31.1 Å². The van der Waals surface area contributed by atoms with E-state index < -0.39 is 20.2 Å². The SMILES string of the molecule is CCN(CC)S(=O)(=O)N1CCN(S(=O)(=O)c2cccnc2)CC1. The molecule has 2 heterocycles. The Labute approximate surface area is 138 Å². The Bertz CT molecular complexity index is 710. The molecule has 0 bridgehead atoms. The maximum Gasteiger partial charge on any atom is 0.282 e. The van der Waals surface area contributed by atoms with Crippen molar-refractivity contribution < 1.29 is 16.8 Å². The van der Waals surface area contributed by atoms with Crippen LogP contribution in [0.2, 0.25) is 0 Å². The minimum atomic E-state index is -3.63. The van der Waals surface area contributed by atoms with Crippen LogP contribution in [0.15, 0.2) is 29.4 Å². The molecule has 0 spiro atoms. The summed E-state index contributed by atoms with van der Waals surface area (Å²) in [5.74, 6) is 0. The maximum absolute atomic E-state index is 12.5. The molecule has 0 amide bonds. The minimum Gasteiger partial charge on any atom is -0.263 e. The van der Waals surface area contributed by atoms with Crippen molar-refractivity contribution in [2.75, 3.05) is 39.3 Å². The lowest BCUT2D eigenvalue weighted by Crippen LogP contribution is -2.54. The Morgan fingerprint density at radius 3 is 2.09 bits per heavy atom. The van der Waals surface area contributed by atoms with Crippen molar-refractivity contribution in [3.63, 3.8) is 0 Å². The van der Waals surface area contributed by atoms with E-state index in [4.69, 9.17) is 0 Å². The molecule has 1 aliphatic heterocycles. The third-order valence-electron chi connectivity index (χ3n) is 3.83. The summed E-state index contributed by atoms with van der Waals surface area (Å²) in [7, 11) is -7.15. The normalized spacial score (nSPS) is 18.4. The van der Waals surface area contributed by atoms with E-state index in [2.05, 4.69) is 4.98 Å². The third kappa shape index (κ3) is 3.72. The topological polar surface area (TPSA) is 90.9 Å². The lowest BCUT2D eigenvalue weighted by atomic mass is 10.4. The van der Waals surface area contributed by atoms with Crippen molar-refractivity contribution in [3.05, 3.63) is 24.5 Å². The first kappa shape index (κ1) is 18.3. The molecule has 10 heteroatoms. The van der Waals surface area contributed by atoms with E-state index in [1.54, 1.807) is 19.9 Å². The van der Waals surface area contributed by atoms with Crippen molar-refractivity contribution in [2.24, 2.45) is 0 Å². The molecule has 1 saturated heterocycles. The fourth-order valence-electron chi connectivity index (χ4n) is 2.50. The van der Waals surface area contributed by atoms with Gasteiger partial charge in [-0.2, -0.15) is 21.3 Å². The van der Waals surface area contributed by atoms with Gasteiger partial charge >= 0.3 is 0 Å². The van der Waals surface area contributed by atoms with Crippen LogP contribution in [0.4, 0.5) is 0 Å². The van der Waals surface area contributed by atoms with Crippen molar-refractivity contribution in [3.8, 4) is 0 Å². The summed E-state index contributed by atoms with van der Waals surface area (Å²) < 4.78 is 53.9. The zero-order valence-electron chi connectivity index (χ0n) is 13.3. The van der Waals surface area contributed by atoms with Gasteiger partial charge in [-0.05, 0) is 12.1 Å². The van der Waals surface area contributed by atoms with Gasteiger partial charge in [0, 0.05) is 51.7 Å². The predicted molar refractivity (Wildman–Crippen MR) is 86.4 cm³/mol. The predicted octanol–water partition coefficient (Wildman–Crippen LogP) is -0.0255. The molecule has 1 fully saturated rings. The molecule has 0 atom stereocenters. The number of piperazine rings is 1. The van der Waals surface area contributed by atoms with Gasteiger partial charge in [0.15, 0.2) is 0 Å². The van der Waals surface area contributed by atoms with Crippen LogP contribution >= 0.6 is 0 Å². The maximum atomic E-state index is 12.5. The van der Waals surface area contributed by atoms with Gasteiger partial charge in [0.1, 0.15) is 4.90 Å². The second-order valence-corrected chi connectivity index (χ2v) is 8.95. The number of aromatic nitrogens is 1. The molecule has 0 aliphatic carbocycles. The first-order valence-corrected chi connectivity index (χ1v) is 10.3. The molecule has 0 N–H and O–H groups in total. The second-order valence-electron chi connectivity index (χ2n) is 5.08. The van der Waals surface area contributed by atoms with Gasteiger partial charge in [-0.3, -0.25) is 4.98 Å². The van der Waals surface area contributed by atoms with E-state index in [0.717, 1.165) is 0 Å². The molecule has 0 aromatic carbocycles. The van der Waals surface area contributed by atoms with E-state index >= 15 is 0 Å². The monoisotopic (exact) mass is 362 g/mol. The van der Waals surface area contributed by atoms with E-state index in [1.807, 2.05) is 0 Å². The molecule has 23 heavy (non-hydrogen) atoms. The zero-order valence-corrected chi connectivity index (χ0v) is 14.9. The van der Waals surface area contributed by atoms with Crippen LogP contribution in [0.5, 0.6) is 0 Å². The highest BCUT2D eigenvalue weighted by Gasteiger charge is 2.35. The van der Waals surface area contributed by atoms with Gasteiger partial charge in [0.05, 0.1) is 0 Å².